The van der Waals surface area contributed by atoms with Crippen molar-refractivity contribution in [3.63, 3.8) is 0 Å². The molecule has 1 unspecified atom stereocenters. The zero-order valence-electron chi connectivity index (χ0n) is 10.0. The fourth-order valence-corrected chi connectivity index (χ4v) is 1.77. The molecule has 2 rings (SSSR count). The minimum absolute atomic E-state index is 0.0221. The van der Waals surface area contributed by atoms with E-state index in [4.69, 9.17) is 4.74 Å². The predicted octanol–water partition coefficient (Wildman–Crippen LogP) is 4.57. The lowest BCUT2D eigenvalue weighted by atomic mass is 10.1. The SMILES string of the molecule is CC(O)c1ccc(Oc2ccc(Br)c(F)c2)c(F)c1. The number of benzene rings is 2. The summed E-state index contributed by atoms with van der Waals surface area (Å²) in [6, 6.07) is 8.30. The molecule has 0 aromatic heterocycles. The average Bonchev–Trinajstić information content (AvgIpc) is 2.36. The molecule has 5 heteroatoms. The van der Waals surface area contributed by atoms with Crippen molar-refractivity contribution in [1.82, 2.24) is 0 Å². The summed E-state index contributed by atoms with van der Waals surface area (Å²) in [5.74, 6) is -0.921. The topological polar surface area (TPSA) is 29.5 Å². The molecule has 2 aromatic carbocycles. The van der Waals surface area contributed by atoms with Crippen LogP contribution in [-0.2, 0) is 0 Å². The zero-order chi connectivity index (χ0) is 14.0. The van der Waals surface area contributed by atoms with Gasteiger partial charge in [-0.1, -0.05) is 6.07 Å². The molecule has 0 radical (unpaired) electrons. The van der Waals surface area contributed by atoms with Crippen molar-refractivity contribution in [2.75, 3.05) is 0 Å². The summed E-state index contributed by atoms with van der Waals surface area (Å²) in [5, 5.41) is 9.33. The van der Waals surface area contributed by atoms with Gasteiger partial charge in [0, 0.05) is 6.07 Å². The maximum absolute atomic E-state index is 13.7. The highest BCUT2D eigenvalue weighted by Gasteiger charge is 2.10. The molecular formula is C14H11BrF2O2. The molecule has 0 saturated heterocycles. The molecule has 0 aliphatic carbocycles. The molecule has 2 nitrogen and oxygen atoms in total. The second-order valence-electron chi connectivity index (χ2n) is 4.04. The molecule has 1 atom stereocenters. The fraction of sp³-hybridized carbons (Fsp3) is 0.143. The number of halogens is 3. The van der Waals surface area contributed by atoms with Crippen LogP contribution in [0.2, 0.25) is 0 Å². The minimum Gasteiger partial charge on any atom is -0.454 e. The van der Waals surface area contributed by atoms with Crippen molar-refractivity contribution in [1.29, 1.82) is 0 Å². The second kappa shape index (κ2) is 5.67. The third-order valence-corrected chi connectivity index (χ3v) is 3.20. The first kappa shape index (κ1) is 14.0. The van der Waals surface area contributed by atoms with Crippen LogP contribution in [0.4, 0.5) is 8.78 Å². The van der Waals surface area contributed by atoms with Crippen LogP contribution in [0.25, 0.3) is 0 Å². The lowest BCUT2D eigenvalue weighted by Crippen LogP contribution is -1.95. The fourth-order valence-electron chi connectivity index (χ4n) is 1.53. The monoisotopic (exact) mass is 328 g/mol. The number of aliphatic hydroxyl groups is 1. The summed E-state index contributed by atoms with van der Waals surface area (Å²) in [4.78, 5) is 0. The van der Waals surface area contributed by atoms with E-state index in [-0.39, 0.29) is 11.5 Å². The summed E-state index contributed by atoms with van der Waals surface area (Å²) in [6.45, 7) is 1.54. The van der Waals surface area contributed by atoms with E-state index >= 15 is 0 Å². The smallest absolute Gasteiger partial charge is 0.166 e. The highest BCUT2D eigenvalue weighted by molar-refractivity contribution is 9.10. The normalized spacial score (nSPS) is 12.3. The first-order chi connectivity index (χ1) is 8.97. The van der Waals surface area contributed by atoms with Crippen molar-refractivity contribution in [3.8, 4) is 11.5 Å². The van der Waals surface area contributed by atoms with Crippen LogP contribution in [0.1, 0.15) is 18.6 Å². The minimum atomic E-state index is -0.756. The van der Waals surface area contributed by atoms with Gasteiger partial charge in [-0.15, -0.1) is 0 Å². The standard InChI is InChI=1S/C14H11BrF2O2/c1-8(18)9-2-5-14(13(17)6-9)19-10-3-4-11(15)12(16)7-10/h2-8,18H,1H3. The van der Waals surface area contributed by atoms with Crippen LogP contribution < -0.4 is 4.74 Å². The maximum Gasteiger partial charge on any atom is 0.166 e. The highest BCUT2D eigenvalue weighted by atomic mass is 79.9. The quantitative estimate of drug-likeness (QED) is 0.894. The summed E-state index contributed by atoms with van der Waals surface area (Å²) in [7, 11) is 0. The van der Waals surface area contributed by atoms with Crippen molar-refractivity contribution in [2.24, 2.45) is 0 Å². The number of rotatable bonds is 3. The van der Waals surface area contributed by atoms with E-state index in [1.165, 1.54) is 24.3 Å². The zero-order valence-corrected chi connectivity index (χ0v) is 11.6. The van der Waals surface area contributed by atoms with Gasteiger partial charge >= 0.3 is 0 Å². The van der Waals surface area contributed by atoms with Gasteiger partial charge in [0.05, 0.1) is 10.6 Å². The van der Waals surface area contributed by atoms with Crippen molar-refractivity contribution in [2.45, 2.75) is 13.0 Å². The van der Waals surface area contributed by atoms with Gasteiger partial charge in [0.25, 0.3) is 0 Å². The molecular weight excluding hydrogens is 318 g/mol. The molecule has 0 spiro atoms. The van der Waals surface area contributed by atoms with Crippen molar-refractivity contribution >= 4 is 15.9 Å². The summed E-state index contributed by atoms with van der Waals surface area (Å²) in [6.07, 6.45) is -0.756. The Labute approximate surface area is 117 Å². The molecule has 0 fully saturated rings. The Hall–Kier alpha value is -1.46. The molecule has 100 valence electrons. The van der Waals surface area contributed by atoms with Gasteiger partial charge in [0.1, 0.15) is 11.6 Å². The number of ether oxygens (including phenoxy) is 1. The second-order valence-corrected chi connectivity index (χ2v) is 4.90. The van der Waals surface area contributed by atoms with Crippen molar-refractivity contribution in [3.05, 3.63) is 58.1 Å². The Morgan fingerprint density at radius 2 is 1.84 bits per heavy atom. The lowest BCUT2D eigenvalue weighted by molar-refractivity contribution is 0.198. The Morgan fingerprint density at radius 3 is 2.42 bits per heavy atom. The van der Waals surface area contributed by atoms with Gasteiger partial charge < -0.3 is 9.84 Å². The molecule has 1 N–H and O–H groups in total. The van der Waals surface area contributed by atoms with E-state index < -0.39 is 17.7 Å². The van der Waals surface area contributed by atoms with Crippen molar-refractivity contribution < 1.29 is 18.6 Å². The molecule has 0 aliphatic rings. The van der Waals surface area contributed by atoms with Crippen LogP contribution in [0.15, 0.2) is 40.9 Å². The van der Waals surface area contributed by atoms with Crippen LogP contribution in [0.5, 0.6) is 11.5 Å². The van der Waals surface area contributed by atoms with Gasteiger partial charge in [-0.05, 0) is 52.7 Å². The van der Waals surface area contributed by atoms with E-state index in [0.717, 1.165) is 6.07 Å². The lowest BCUT2D eigenvalue weighted by Gasteiger charge is -2.10. The molecule has 0 saturated carbocycles. The number of hydrogen-bond acceptors (Lipinski definition) is 2. The Kier molecular flexibility index (Phi) is 4.17. The van der Waals surface area contributed by atoms with E-state index in [0.29, 0.717) is 10.0 Å². The largest absolute Gasteiger partial charge is 0.454 e. The third kappa shape index (κ3) is 3.30. The van der Waals surface area contributed by atoms with Crippen LogP contribution in [-0.4, -0.2) is 5.11 Å². The van der Waals surface area contributed by atoms with E-state index in [1.54, 1.807) is 13.0 Å². The summed E-state index contributed by atoms with van der Waals surface area (Å²) < 4.78 is 32.6. The average molecular weight is 329 g/mol. The molecule has 19 heavy (non-hydrogen) atoms. The Balaban J connectivity index is 2.25. The van der Waals surface area contributed by atoms with Gasteiger partial charge in [0.15, 0.2) is 11.6 Å². The molecule has 0 heterocycles. The molecule has 2 aromatic rings. The number of aliphatic hydroxyl groups excluding tert-OH is 1. The molecule has 0 bridgehead atoms. The predicted molar refractivity (Wildman–Crippen MR) is 71.2 cm³/mol. The van der Waals surface area contributed by atoms with E-state index in [2.05, 4.69) is 15.9 Å². The van der Waals surface area contributed by atoms with Crippen LogP contribution in [0, 0.1) is 11.6 Å². The number of hydrogen-bond donors (Lipinski definition) is 1. The first-order valence-electron chi connectivity index (χ1n) is 5.58. The summed E-state index contributed by atoms with van der Waals surface area (Å²) in [5.41, 5.74) is 0.451. The third-order valence-electron chi connectivity index (χ3n) is 2.56. The molecule has 0 amide bonds. The van der Waals surface area contributed by atoms with Crippen LogP contribution >= 0.6 is 15.9 Å². The van der Waals surface area contributed by atoms with Gasteiger partial charge in [0.2, 0.25) is 0 Å². The summed E-state index contributed by atoms with van der Waals surface area (Å²) >= 11 is 3.02. The van der Waals surface area contributed by atoms with Gasteiger partial charge in [-0.2, -0.15) is 0 Å². The van der Waals surface area contributed by atoms with Gasteiger partial charge in [-0.25, -0.2) is 8.78 Å². The molecule has 0 aliphatic heterocycles. The maximum atomic E-state index is 13.7. The Bertz CT molecular complexity index is 600. The van der Waals surface area contributed by atoms with Crippen LogP contribution in [0.3, 0.4) is 0 Å². The Morgan fingerprint density at radius 1 is 1.11 bits per heavy atom. The van der Waals surface area contributed by atoms with E-state index in [1.807, 2.05) is 0 Å². The first-order valence-corrected chi connectivity index (χ1v) is 6.37. The van der Waals surface area contributed by atoms with E-state index in [9.17, 15) is 13.9 Å². The van der Waals surface area contributed by atoms with Gasteiger partial charge in [-0.3, -0.25) is 0 Å². The highest BCUT2D eigenvalue weighted by Crippen LogP contribution is 2.29.